The number of nitrogens with zero attached hydrogens (tertiary/aromatic N) is 6. The maximum absolute atomic E-state index is 13.3. The Morgan fingerprint density at radius 2 is 1.86 bits per heavy atom. The van der Waals surface area contributed by atoms with E-state index >= 15 is 0 Å². The van der Waals surface area contributed by atoms with Crippen molar-refractivity contribution in [2.45, 2.75) is 32.0 Å². The van der Waals surface area contributed by atoms with E-state index in [2.05, 4.69) is 25.1 Å². The lowest BCUT2D eigenvalue weighted by molar-refractivity contribution is -0.121. The second kappa shape index (κ2) is 11.8. The van der Waals surface area contributed by atoms with Crippen molar-refractivity contribution in [3.63, 3.8) is 0 Å². The fourth-order valence-electron chi connectivity index (χ4n) is 5.72. The molecule has 1 fully saturated rings. The summed E-state index contributed by atoms with van der Waals surface area (Å²) >= 11 is 0. The lowest BCUT2D eigenvalue weighted by Crippen LogP contribution is -2.57. The molecule has 7 rings (SSSR count). The van der Waals surface area contributed by atoms with Gasteiger partial charge in [0.15, 0.2) is 23.0 Å². The molecule has 1 saturated heterocycles. The number of imidazole rings is 1. The zero-order valence-electron chi connectivity index (χ0n) is 23.9. The summed E-state index contributed by atoms with van der Waals surface area (Å²) < 4.78 is 24.9. The van der Waals surface area contributed by atoms with Gasteiger partial charge in [-0.2, -0.15) is 4.98 Å². The Kier molecular flexibility index (Phi) is 7.42. The van der Waals surface area contributed by atoms with Crippen molar-refractivity contribution < 1.29 is 23.7 Å². The summed E-state index contributed by atoms with van der Waals surface area (Å²) in [6.07, 6.45) is 5.41. The van der Waals surface area contributed by atoms with Crippen LogP contribution in [0.2, 0.25) is 0 Å². The second-order valence-corrected chi connectivity index (χ2v) is 10.9. The molecular weight excluding hydrogens is 550 g/mol. The molecule has 1 amide bonds. The second-order valence-electron chi connectivity index (χ2n) is 10.9. The van der Waals surface area contributed by atoms with Gasteiger partial charge in [0.2, 0.25) is 18.6 Å². The molecule has 0 aliphatic carbocycles. The molecule has 4 aromatic rings. The number of nitrogens with one attached hydrogen (secondary N) is 1. The van der Waals surface area contributed by atoms with Gasteiger partial charge in [-0.1, -0.05) is 18.2 Å². The lowest BCUT2D eigenvalue weighted by atomic mass is 10.1. The number of rotatable bonds is 8. The molecule has 5 heterocycles. The van der Waals surface area contributed by atoms with Gasteiger partial charge in [0.25, 0.3) is 0 Å². The normalized spacial score (nSPS) is 19.3. The van der Waals surface area contributed by atoms with Gasteiger partial charge in [-0.15, -0.1) is 0 Å². The van der Waals surface area contributed by atoms with Crippen molar-refractivity contribution in [3.8, 4) is 28.9 Å². The Labute approximate surface area is 249 Å². The monoisotopic (exact) mass is 583 g/mol. The quantitative estimate of drug-likeness (QED) is 0.332. The van der Waals surface area contributed by atoms with Crippen LogP contribution in [-0.4, -0.2) is 82.1 Å². The van der Waals surface area contributed by atoms with Crippen LogP contribution in [0.4, 0.5) is 5.82 Å². The maximum atomic E-state index is 13.3. The van der Waals surface area contributed by atoms with Crippen LogP contribution >= 0.6 is 0 Å². The Morgan fingerprint density at radius 1 is 1.00 bits per heavy atom. The average Bonchev–Trinajstić information content (AvgIpc) is 3.73. The molecular formula is C31H33N7O5. The highest BCUT2D eigenvalue weighted by Crippen LogP contribution is 2.33. The number of hydrogen-bond donors (Lipinski definition) is 1. The summed E-state index contributed by atoms with van der Waals surface area (Å²) in [5.74, 6) is 4.25. The third-order valence-corrected chi connectivity index (χ3v) is 7.80. The SMILES string of the molecule is Cc1cc(N2CCN(CC3COc4ccccc4O3)CC2CC(=O)NCc2ccc3c(c2)OCO3)nc(-n2ccnc2)n1. The van der Waals surface area contributed by atoms with E-state index in [1.165, 1.54) is 0 Å². The summed E-state index contributed by atoms with van der Waals surface area (Å²) in [5, 5.41) is 3.09. The molecule has 2 unspecified atom stereocenters. The number of aryl methyl sites for hydroxylation is 1. The van der Waals surface area contributed by atoms with Crippen LogP contribution in [-0.2, 0) is 11.3 Å². The number of benzene rings is 2. The summed E-state index contributed by atoms with van der Waals surface area (Å²) in [6, 6.07) is 15.3. The van der Waals surface area contributed by atoms with Crippen LogP contribution in [0.5, 0.6) is 23.0 Å². The highest BCUT2D eigenvalue weighted by molar-refractivity contribution is 5.77. The van der Waals surface area contributed by atoms with E-state index in [9.17, 15) is 4.79 Å². The van der Waals surface area contributed by atoms with E-state index < -0.39 is 0 Å². The molecule has 2 aromatic heterocycles. The number of para-hydroxylation sites is 2. The first-order chi connectivity index (χ1) is 21.1. The summed E-state index contributed by atoms with van der Waals surface area (Å²) in [6.45, 7) is 5.91. The number of hydrogen-bond acceptors (Lipinski definition) is 10. The third kappa shape index (κ3) is 6.05. The predicted octanol–water partition coefficient (Wildman–Crippen LogP) is 2.74. The Bertz CT molecular complexity index is 1600. The van der Waals surface area contributed by atoms with Crippen LogP contribution in [0.3, 0.4) is 0 Å². The minimum atomic E-state index is -0.118. The number of anilines is 1. The number of aromatic nitrogens is 4. The van der Waals surface area contributed by atoms with Gasteiger partial charge in [0.05, 0.1) is 6.04 Å². The van der Waals surface area contributed by atoms with Crippen LogP contribution in [0.15, 0.2) is 67.3 Å². The molecule has 222 valence electrons. The molecule has 0 saturated carbocycles. The first kappa shape index (κ1) is 27.0. The molecule has 2 atom stereocenters. The maximum Gasteiger partial charge on any atom is 0.237 e. The highest BCUT2D eigenvalue weighted by atomic mass is 16.7. The molecule has 43 heavy (non-hydrogen) atoms. The molecule has 12 heteroatoms. The number of fused-ring (bicyclic) bond motifs is 2. The largest absolute Gasteiger partial charge is 0.486 e. The van der Waals surface area contributed by atoms with Crippen molar-refractivity contribution in [1.29, 1.82) is 0 Å². The topological polar surface area (TPSA) is 116 Å². The van der Waals surface area contributed by atoms with Gasteiger partial charge in [-0.25, -0.2) is 9.97 Å². The molecule has 3 aliphatic heterocycles. The van der Waals surface area contributed by atoms with E-state index in [0.29, 0.717) is 50.9 Å². The van der Waals surface area contributed by atoms with Crippen LogP contribution in [0, 0.1) is 6.92 Å². The number of ether oxygens (including phenoxy) is 4. The summed E-state index contributed by atoms with van der Waals surface area (Å²) in [4.78, 5) is 31.5. The number of carbonyl (C=O) groups is 1. The smallest absolute Gasteiger partial charge is 0.237 e. The van der Waals surface area contributed by atoms with Gasteiger partial charge in [-0.05, 0) is 36.8 Å². The van der Waals surface area contributed by atoms with Crippen LogP contribution in [0.25, 0.3) is 5.95 Å². The zero-order valence-corrected chi connectivity index (χ0v) is 23.9. The van der Waals surface area contributed by atoms with Gasteiger partial charge in [-0.3, -0.25) is 14.3 Å². The minimum absolute atomic E-state index is 0.0405. The first-order valence-electron chi connectivity index (χ1n) is 14.4. The fourth-order valence-corrected chi connectivity index (χ4v) is 5.72. The molecule has 12 nitrogen and oxygen atoms in total. The van der Waals surface area contributed by atoms with E-state index in [0.717, 1.165) is 40.9 Å². The van der Waals surface area contributed by atoms with Crippen molar-refractivity contribution in [2.24, 2.45) is 0 Å². The van der Waals surface area contributed by atoms with Gasteiger partial charge >= 0.3 is 0 Å². The number of amides is 1. The molecule has 0 radical (unpaired) electrons. The van der Waals surface area contributed by atoms with Crippen LogP contribution < -0.4 is 29.2 Å². The van der Waals surface area contributed by atoms with Crippen molar-refractivity contribution >= 4 is 11.7 Å². The van der Waals surface area contributed by atoms with Crippen LogP contribution in [0.1, 0.15) is 17.7 Å². The molecule has 2 aromatic carbocycles. The van der Waals surface area contributed by atoms with Crippen molar-refractivity contribution in [3.05, 3.63) is 78.5 Å². The Balaban J connectivity index is 1.07. The Morgan fingerprint density at radius 3 is 2.74 bits per heavy atom. The van der Waals surface area contributed by atoms with E-state index in [1.807, 2.05) is 61.7 Å². The summed E-state index contributed by atoms with van der Waals surface area (Å²) in [5.41, 5.74) is 1.79. The predicted molar refractivity (Wildman–Crippen MR) is 157 cm³/mol. The lowest BCUT2D eigenvalue weighted by Gasteiger charge is -2.43. The van der Waals surface area contributed by atoms with E-state index in [4.69, 9.17) is 23.9 Å². The number of piperazine rings is 1. The minimum Gasteiger partial charge on any atom is -0.486 e. The molecule has 1 N–H and O–H groups in total. The molecule has 3 aliphatic rings. The van der Waals surface area contributed by atoms with Gasteiger partial charge in [0.1, 0.15) is 24.9 Å². The van der Waals surface area contributed by atoms with Gasteiger partial charge in [0, 0.05) is 63.3 Å². The average molecular weight is 584 g/mol. The third-order valence-electron chi connectivity index (χ3n) is 7.80. The van der Waals surface area contributed by atoms with Crippen molar-refractivity contribution in [1.82, 2.24) is 29.7 Å². The fraction of sp³-hybridized carbons (Fsp3) is 0.355. The van der Waals surface area contributed by atoms with E-state index in [-0.39, 0.29) is 24.8 Å². The Hall–Kier alpha value is -4.84. The standard InChI is InChI=1S/C31H33N7O5/c1-21-12-29(35-31(34-21)37-9-8-32-19-37)38-11-10-36(17-24-18-40-25-4-2-3-5-27(25)43-24)16-23(38)14-30(39)33-15-22-6-7-26-28(13-22)42-20-41-26/h2-9,12-13,19,23-24H,10-11,14-18,20H2,1H3,(H,33,39). The zero-order chi connectivity index (χ0) is 29.2. The molecule has 0 bridgehead atoms. The van der Waals surface area contributed by atoms with Gasteiger partial charge < -0.3 is 29.2 Å². The van der Waals surface area contributed by atoms with E-state index in [1.54, 1.807) is 17.1 Å². The first-order valence-corrected chi connectivity index (χ1v) is 14.4. The van der Waals surface area contributed by atoms with Crippen molar-refractivity contribution in [2.75, 3.05) is 44.5 Å². The highest BCUT2D eigenvalue weighted by Gasteiger charge is 2.33. The number of carbonyl (C=O) groups excluding carboxylic acids is 1. The summed E-state index contributed by atoms with van der Waals surface area (Å²) in [7, 11) is 0. The molecule has 0 spiro atoms.